The zero-order valence-electron chi connectivity index (χ0n) is 10.4. The zero-order valence-corrected chi connectivity index (χ0v) is 10.4. The highest BCUT2D eigenvalue weighted by atomic mass is 16.3. The number of amides is 1. The first kappa shape index (κ1) is 12.2. The van der Waals surface area contributed by atoms with E-state index in [-0.39, 0.29) is 5.91 Å². The van der Waals surface area contributed by atoms with E-state index in [1.54, 1.807) is 24.5 Å². The van der Waals surface area contributed by atoms with Crippen molar-refractivity contribution in [3.63, 3.8) is 0 Å². The second-order valence-electron chi connectivity index (χ2n) is 4.16. The van der Waals surface area contributed by atoms with Crippen LogP contribution in [0.3, 0.4) is 0 Å². The van der Waals surface area contributed by atoms with E-state index in [4.69, 9.17) is 4.42 Å². The molecule has 1 N–H and O–H groups in total. The van der Waals surface area contributed by atoms with Crippen molar-refractivity contribution in [3.8, 4) is 0 Å². The van der Waals surface area contributed by atoms with Crippen molar-refractivity contribution in [1.82, 2.24) is 0 Å². The van der Waals surface area contributed by atoms with Crippen LogP contribution in [-0.2, 0) is 4.79 Å². The first-order valence-electron chi connectivity index (χ1n) is 5.75. The van der Waals surface area contributed by atoms with Crippen LogP contribution >= 0.6 is 0 Å². The van der Waals surface area contributed by atoms with Crippen LogP contribution in [0.25, 0.3) is 6.08 Å². The Bertz CT molecular complexity index is 568. The summed E-state index contributed by atoms with van der Waals surface area (Å²) in [5.41, 5.74) is 3.00. The number of anilines is 1. The second-order valence-corrected chi connectivity index (χ2v) is 4.16. The van der Waals surface area contributed by atoms with Crippen LogP contribution in [0.5, 0.6) is 0 Å². The highest BCUT2D eigenvalue weighted by Gasteiger charge is 2.02. The fourth-order valence-corrected chi connectivity index (χ4v) is 1.59. The Labute approximate surface area is 106 Å². The van der Waals surface area contributed by atoms with Crippen molar-refractivity contribution in [3.05, 3.63) is 59.6 Å². The van der Waals surface area contributed by atoms with Crippen molar-refractivity contribution in [2.45, 2.75) is 13.8 Å². The third-order valence-corrected chi connectivity index (χ3v) is 2.59. The lowest BCUT2D eigenvalue weighted by atomic mass is 10.1. The molecule has 0 aliphatic heterocycles. The van der Waals surface area contributed by atoms with Gasteiger partial charge in [-0.3, -0.25) is 4.79 Å². The van der Waals surface area contributed by atoms with Gasteiger partial charge in [-0.15, -0.1) is 0 Å². The van der Waals surface area contributed by atoms with E-state index >= 15 is 0 Å². The molecule has 1 aromatic heterocycles. The average molecular weight is 241 g/mol. The van der Waals surface area contributed by atoms with Gasteiger partial charge in [0.2, 0.25) is 5.91 Å². The minimum Gasteiger partial charge on any atom is -0.465 e. The standard InChI is InChI=1S/C15H15NO2/c1-11-5-6-12(2)14(10-11)16-15(17)8-7-13-4-3-9-18-13/h3-10H,1-2H3,(H,16,17). The fraction of sp³-hybridized carbons (Fsp3) is 0.133. The summed E-state index contributed by atoms with van der Waals surface area (Å²) in [7, 11) is 0. The number of furan rings is 1. The third kappa shape index (κ3) is 3.10. The molecule has 0 saturated carbocycles. The van der Waals surface area contributed by atoms with Crippen molar-refractivity contribution in [2.75, 3.05) is 5.32 Å². The predicted octanol–water partition coefficient (Wildman–Crippen LogP) is 3.55. The molecule has 18 heavy (non-hydrogen) atoms. The molecule has 1 amide bonds. The molecule has 0 aliphatic rings. The average Bonchev–Trinajstić information content (AvgIpc) is 2.84. The summed E-state index contributed by atoms with van der Waals surface area (Å²) >= 11 is 0. The summed E-state index contributed by atoms with van der Waals surface area (Å²) in [5.74, 6) is 0.492. The monoisotopic (exact) mass is 241 g/mol. The zero-order chi connectivity index (χ0) is 13.0. The molecule has 0 bridgehead atoms. The quantitative estimate of drug-likeness (QED) is 0.835. The van der Waals surface area contributed by atoms with Gasteiger partial charge in [-0.25, -0.2) is 0 Å². The van der Waals surface area contributed by atoms with Gasteiger partial charge in [-0.05, 0) is 49.2 Å². The molecule has 3 heteroatoms. The minimum absolute atomic E-state index is 0.167. The molecule has 0 atom stereocenters. The Kier molecular flexibility index (Phi) is 3.63. The molecule has 2 rings (SSSR count). The van der Waals surface area contributed by atoms with Crippen molar-refractivity contribution >= 4 is 17.7 Å². The maximum atomic E-state index is 11.7. The van der Waals surface area contributed by atoms with Crippen LogP contribution in [0.4, 0.5) is 5.69 Å². The number of hydrogen-bond acceptors (Lipinski definition) is 2. The van der Waals surface area contributed by atoms with Gasteiger partial charge in [0.25, 0.3) is 0 Å². The minimum atomic E-state index is -0.167. The summed E-state index contributed by atoms with van der Waals surface area (Å²) in [6.45, 7) is 3.96. The topological polar surface area (TPSA) is 42.2 Å². The van der Waals surface area contributed by atoms with Gasteiger partial charge < -0.3 is 9.73 Å². The van der Waals surface area contributed by atoms with Crippen molar-refractivity contribution in [1.29, 1.82) is 0 Å². The van der Waals surface area contributed by atoms with Gasteiger partial charge in [0.1, 0.15) is 5.76 Å². The predicted molar refractivity (Wildman–Crippen MR) is 72.3 cm³/mol. The van der Waals surface area contributed by atoms with E-state index in [0.717, 1.165) is 16.8 Å². The normalized spacial score (nSPS) is 10.8. The summed E-state index contributed by atoms with van der Waals surface area (Å²) in [6.07, 6.45) is 4.67. The first-order valence-corrected chi connectivity index (χ1v) is 5.75. The van der Waals surface area contributed by atoms with Gasteiger partial charge in [0.05, 0.1) is 6.26 Å². The number of carbonyl (C=O) groups excluding carboxylic acids is 1. The molecule has 92 valence electrons. The first-order chi connectivity index (χ1) is 8.65. The largest absolute Gasteiger partial charge is 0.465 e. The molecule has 0 fully saturated rings. The van der Waals surface area contributed by atoms with E-state index in [2.05, 4.69) is 5.32 Å². The number of hydrogen-bond donors (Lipinski definition) is 1. The van der Waals surface area contributed by atoms with Crippen LogP contribution in [0.2, 0.25) is 0 Å². The van der Waals surface area contributed by atoms with E-state index < -0.39 is 0 Å². The summed E-state index contributed by atoms with van der Waals surface area (Å²) in [4.78, 5) is 11.7. The summed E-state index contributed by atoms with van der Waals surface area (Å²) < 4.78 is 5.11. The number of nitrogens with one attached hydrogen (secondary N) is 1. The Morgan fingerprint density at radius 2 is 2.11 bits per heavy atom. The lowest BCUT2D eigenvalue weighted by molar-refractivity contribution is -0.111. The molecule has 0 spiro atoms. The molecular weight excluding hydrogens is 226 g/mol. The highest BCUT2D eigenvalue weighted by molar-refractivity contribution is 6.02. The van der Waals surface area contributed by atoms with Crippen LogP contribution in [-0.4, -0.2) is 5.91 Å². The van der Waals surface area contributed by atoms with Gasteiger partial charge in [0, 0.05) is 11.8 Å². The van der Waals surface area contributed by atoms with Crippen molar-refractivity contribution in [2.24, 2.45) is 0 Å². The molecule has 0 saturated heterocycles. The van der Waals surface area contributed by atoms with E-state index in [1.807, 2.05) is 32.0 Å². The second kappa shape index (κ2) is 5.36. The van der Waals surface area contributed by atoms with Gasteiger partial charge >= 0.3 is 0 Å². The molecular formula is C15H15NO2. The molecule has 1 aromatic carbocycles. The van der Waals surface area contributed by atoms with E-state index in [9.17, 15) is 4.79 Å². The van der Waals surface area contributed by atoms with E-state index in [0.29, 0.717) is 5.76 Å². The smallest absolute Gasteiger partial charge is 0.248 e. The van der Waals surface area contributed by atoms with Gasteiger partial charge in [0.15, 0.2) is 0 Å². The Hall–Kier alpha value is -2.29. The SMILES string of the molecule is Cc1ccc(C)c(NC(=O)C=Cc2ccco2)c1. The molecule has 0 radical (unpaired) electrons. The lowest BCUT2D eigenvalue weighted by Gasteiger charge is -2.07. The van der Waals surface area contributed by atoms with Gasteiger partial charge in [-0.1, -0.05) is 12.1 Å². The Balaban J connectivity index is 2.05. The molecule has 0 unspecified atom stereocenters. The van der Waals surface area contributed by atoms with Crippen LogP contribution in [0, 0.1) is 13.8 Å². The lowest BCUT2D eigenvalue weighted by Crippen LogP contribution is -2.09. The molecule has 1 heterocycles. The summed E-state index contributed by atoms with van der Waals surface area (Å²) in [5, 5.41) is 2.85. The van der Waals surface area contributed by atoms with Crippen LogP contribution in [0.1, 0.15) is 16.9 Å². The Morgan fingerprint density at radius 1 is 1.28 bits per heavy atom. The molecule has 2 aromatic rings. The van der Waals surface area contributed by atoms with Crippen LogP contribution < -0.4 is 5.32 Å². The summed E-state index contributed by atoms with van der Waals surface area (Å²) in [6, 6.07) is 9.53. The maximum Gasteiger partial charge on any atom is 0.248 e. The van der Waals surface area contributed by atoms with E-state index in [1.165, 1.54) is 6.08 Å². The number of benzene rings is 1. The number of rotatable bonds is 3. The fourth-order valence-electron chi connectivity index (χ4n) is 1.59. The number of aryl methyl sites for hydroxylation is 2. The number of carbonyl (C=O) groups is 1. The Morgan fingerprint density at radius 3 is 2.83 bits per heavy atom. The van der Waals surface area contributed by atoms with Gasteiger partial charge in [-0.2, -0.15) is 0 Å². The molecule has 3 nitrogen and oxygen atoms in total. The highest BCUT2D eigenvalue weighted by Crippen LogP contribution is 2.16. The van der Waals surface area contributed by atoms with Crippen molar-refractivity contribution < 1.29 is 9.21 Å². The molecule has 0 aliphatic carbocycles. The van der Waals surface area contributed by atoms with Crippen LogP contribution in [0.15, 0.2) is 47.1 Å². The maximum absolute atomic E-state index is 11.7. The third-order valence-electron chi connectivity index (χ3n) is 2.59.